The van der Waals surface area contributed by atoms with Crippen molar-refractivity contribution in [1.29, 1.82) is 0 Å². The van der Waals surface area contributed by atoms with Crippen LogP contribution in [-0.2, 0) is 4.79 Å². The molecular weight excluding hydrogens is 258 g/mol. The second-order valence-electron chi connectivity index (χ2n) is 3.67. The highest BCUT2D eigenvalue weighted by molar-refractivity contribution is 7.22. The lowest BCUT2D eigenvalue weighted by atomic mass is 10.3. The summed E-state index contributed by atoms with van der Waals surface area (Å²) in [6.45, 7) is -0.152. The lowest BCUT2D eigenvalue weighted by molar-refractivity contribution is -0.729. The maximum Gasteiger partial charge on any atom is 0.323 e. The zero-order valence-electron chi connectivity index (χ0n) is 9.40. The second-order valence-corrected chi connectivity index (χ2v) is 4.68. The van der Waals surface area contributed by atoms with E-state index in [9.17, 15) is 9.70 Å². The van der Waals surface area contributed by atoms with Gasteiger partial charge < -0.3 is 10.0 Å². The third-order valence-electron chi connectivity index (χ3n) is 2.28. The molecule has 18 heavy (non-hydrogen) atoms. The number of nitrogens with zero attached hydrogens (tertiary/aromatic N) is 3. The Labute approximate surface area is 105 Å². The number of hydrogen-bond acceptors (Lipinski definition) is 5. The minimum Gasteiger partial charge on any atom is -0.480 e. The van der Waals surface area contributed by atoms with Crippen LogP contribution in [0.4, 0.5) is 10.8 Å². The van der Waals surface area contributed by atoms with Crippen LogP contribution in [0.5, 0.6) is 0 Å². The number of aromatic nitrogens is 1. The average molecular weight is 268 g/mol. The zero-order chi connectivity index (χ0) is 13.3. The van der Waals surface area contributed by atoms with Gasteiger partial charge in [0, 0.05) is 19.2 Å². The van der Waals surface area contributed by atoms with Gasteiger partial charge in [0.05, 0.1) is 15.1 Å². The van der Waals surface area contributed by atoms with E-state index in [1.165, 1.54) is 28.4 Å². The highest BCUT2D eigenvalue weighted by Gasteiger charge is 2.16. The molecule has 1 heterocycles. The van der Waals surface area contributed by atoms with Crippen LogP contribution in [-0.4, -0.2) is 39.8 Å². The molecule has 2 N–H and O–H groups in total. The second kappa shape index (κ2) is 4.57. The lowest BCUT2D eigenvalue weighted by Gasteiger charge is -2.11. The minimum absolute atomic E-state index is 0.110. The molecule has 0 fully saturated rings. The van der Waals surface area contributed by atoms with Crippen molar-refractivity contribution in [2.45, 2.75) is 0 Å². The Balaban J connectivity index is 2.38. The summed E-state index contributed by atoms with van der Waals surface area (Å²) >= 11 is 1.25. The fraction of sp³-hybridized carbons (Fsp3) is 0.200. The van der Waals surface area contributed by atoms with Gasteiger partial charge in [0.1, 0.15) is 6.54 Å². The van der Waals surface area contributed by atoms with Crippen LogP contribution in [0.3, 0.4) is 0 Å². The van der Waals surface area contributed by atoms with E-state index in [1.54, 1.807) is 13.1 Å². The van der Waals surface area contributed by atoms with Gasteiger partial charge in [-0.3, -0.25) is 4.79 Å². The van der Waals surface area contributed by atoms with Crippen LogP contribution in [0.2, 0.25) is 0 Å². The summed E-state index contributed by atoms with van der Waals surface area (Å²) in [7, 11) is 1.62. The van der Waals surface area contributed by atoms with E-state index < -0.39 is 5.97 Å². The van der Waals surface area contributed by atoms with Crippen LogP contribution in [0, 0.1) is 4.91 Å². The fourth-order valence-corrected chi connectivity index (χ4v) is 2.41. The van der Waals surface area contributed by atoms with Crippen LogP contribution in [0.1, 0.15) is 0 Å². The van der Waals surface area contributed by atoms with E-state index in [-0.39, 0.29) is 17.2 Å². The molecule has 0 amide bonds. The summed E-state index contributed by atoms with van der Waals surface area (Å²) in [4.78, 5) is 26.9. The van der Waals surface area contributed by atoms with Gasteiger partial charge in [-0.2, -0.15) is 0 Å². The summed E-state index contributed by atoms with van der Waals surface area (Å²) in [6, 6.07) is 4.54. The predicted octanol–water partition coefficient (Wildman–Crippen LogP) is 1.62. The molecule has 0 spiro atoms. The summed E-state index contributed by atoms with van der Waals surface area (Å²) in [5.74, 6) is -0.946. The lowest BCUT2D eigenvalue weighted by Crippen LogP contribution is -2.24. The van der Waals surface area contributed by atoms with E-state index in [0.29, 0.717) is 15.3 Å². The molecule has 1 aromatic heterocycles. The van der Waals surface area contributed by atoms with Gasteiger partial charge in [0.25, 0.3) is 4.92 Å². The van der Waals surface area contributed by atoms with Gasteiger partial charge >= 0.3 is 11.7 Å². The Kier molecular flexibility index (Phi) is 3.11. The molecule has 2 aromatic rings. The van der Waals surface area contributed by atoms with Gasteiger partial charge in [-0.1, -0.05) is 11.3 Å². The van der Waals surface area contributed by atoms with Crippen LogP contribution in [0.25, 0.3) is 10.2 Å². The third kappa shape index (κ3) is 2.38. The molecule has 0 saturated heterocycles. The van der Waals surface area contributed by atoms with Crippen molar-refractivity contribution in [3.8, 4) is 0 Å². The number of anilines is 1. The monoisotopic (exact) mass is 268 g/mol. The quantitative estimate of drug-likeness (QED) is 0.818. The third-order valence-corrected chi connectivity index (χ3v) is 3.41. The largest absolute Gasteiger partial charge is 0.480 e. The van der Waals surface area contributed by atoms with Crippen molar-refractivity contribution in [3.63, 3.8) is 0 Å². The zero-order valence-corrected chi connectivity index (χ0v) is 10.2. The standard InChI is InChI=1S/C10H9N3O4S/c1-12(5-9(14)15)10-11-7-3-2-6(13(16)17)4-8(7)18-10/h2-4H,5H2,1H3,(H-,14,15,16,17)/p+1. The van der Waals surface area contributed by atoms with E-state index in [4.69, 9.17) is 10.3 Å². The summed E-state index contributed by atoms with van der Waals surface area (Å²) in [5.41, 5.74) is 0.761. The average Bonchev–Trinajstić information content (AvgIpc) is 2.70. The molecule has 0 atom stereocenters. The molecule has 0 bridgehead atoms. The van der Waals surface area contributed by atoms with Crippen molar-refractivity contribution in [1.82, 2.24) is 4.98 Å². The first kappa shape index (κ1) is 12.2. The molecular formula is C10H10N3O4S+. The van der Waals surface area contributed by atoms with Crippen LogP contribution in [0.15, 0.2) is 18.2 Å². The van der Waals surface area contributed by atoms with E-state index in [2.05, 4.69) is 4.98 Å². The molecule has 0 aliphatic heterocycles. The maximum atomic E-state index is 10.7. The van der Waals surface area contributed by atoms with Crippen molar-refractivity contribution < 1.29 is 20.0 Å². The summed E-state index contributed by atoms with van der Waals surface area (Å²) in [5, 5.41) is 18.0. The Morgan fingerprint density at radius 1 is 1.56 bits per heavy atom. The minimum atomic E-state index is -0.946. The number of carbonyl (C=O) groups is 1. The topological polar surface area (TPSA) is 93.7 Å². The highest BCUT2D eigenvalue weighted by atomic mass is 32.1. The van der Waals surface area contributed by atoms with Crippen molar-refractivity contribution in [3.05, 3.63) is 23.1 Å². The number of carboxylic acid groups (broad SMARTS) is 1. The molecule has 0 aliphatic rings. The van der Waals surface area contributed by atoms with Crippen molar-refractivity contribution in [2.24, 2.45) is 0 Å². The Bertz CT molecular complexity index is 625. The Morgan fingerprint density at radius 2 is 2.28 bits per heavy atom. The number of carboxylic acids is 1. The number of benzene rings is 1. The molecule has 2 rings (SSSR count). The normalized spacial score (nSPS) is 10.5. The molecule has 0 radical (unpaired) electrons. The first-order valence-corrected chi connectivity index (χ1v) is 5.78. The van der Waals surface area contributed by atoms with E-state index in [0.717, 1.165) is 0 Å². The molecule has 8 heteroatoms. The number of rotatable bonds is 4. The van der Waals surface area contributed by atoms with Gasteiger partial charge in [0.15, 0.2) is 5.13 Å². The first-order valence-electron chi connectivity index (χ1n) is 4.97. The molecule has 0 saturated carbocycles. The van der Waals surface area contributed by atoms with Crippen molar-refractivity contribution in [2.75, 3.05) is 18.5 Å². The summed E-state index contributed by atoms with van der Waals surface area (Å²) in [6.07, 6.45) is 0. The van der Waals surface area contributed by atoms with Crippen LogP contribution >= 0.6 is 11.3 Å². The van der Waals surface area contributed by atoms with Gasteiger partial charge in [0.2, 0.25) is 0 Å². The van der Waals surface area contributed by atoms with Crippen LogP contribution < -0.4 is 4.90 Å². The number of likely N-dealkylation sites (N-methyl/N-ethyl adjacent to an activating group) is 1. The molecule has 0 aliphatic carbocycles. The van der Waals surface area contributed by atoms with Crippen molar-refractivity contribution >= 4 is 38.3 Å². The first-order chi connectivity index (χ1) is 8.47. The number of aliphatic carboxylic acids is 1. The molecule has 1 aromatic carbocycles. The molecule has 0 unspecified atom stereocenters. The van der Waals surface area contributed by atoms with Gasteiger partial charge in [-0.25, -0.2) is 10.2 Å². The van der Waals surface area contributed by atoms with E-state index in [1.807, 2.05) is 0 Å². The van der Waals surface area contributed by atoms with Gasteiger partial charge in [-0.15, -0.1) is 0 Å². The highest BCUT2D eigenvalue weighted by Crippen LogP contribution is 2.30. The van der Waals surface area contributed by atoms with E-state index >= 15 is 0 Å². The summed E-state index contributed by atoms with van der Waals surface area (Å²) < 4.78 is 0.703. The number of hydrogen-bond donors (Lipinski definition) is 2. The predicted molar refractivity (Wildman–Crippen MR) is 65.6 cm³/mol. The Morgan fingerprint density at radius 3 is 2.89 bits per heavy atom. The SMILES string of the molecule is CN(CC(=O)O)c1nc2ccc([N+](=O)O)cc2s1. The fourth-order valence-electron chi connectivity index (χ4n) is 1.45. The smallest absolute Gasteiger partial charge is 0.323 e. The van der Waals surface area contributed by atoms with Gasteiger partial charge in [-0.05, 0) is 6.07 Å². The number of thiazole rings is 1. The number of fused-ring (bicyclic) bond motifs is 1. The molecule has 7 nitrogen and oxygen atoms in total. The Hall–Kier alpha value is -2.22. The molecule has 94 valence electrons. The maximum absolute atomic E-state index is 10.7.